The molecule has 6 nitrogen and oxygen atoms in total. The van der Waals surface area contributed by atoms with E-state index in [1.165, 1.54) is 24.7 Å². The van der Waals surface area contributed by atoms with Crippen LogP contribution in [0.25, 0.3) is 22.4 Å². The molecular formula is C20H12F3N5O. The zero-order valence-corrected chi connectivity index (χ0v) is 14.7. The van der Waals surface area contributed by atoms with Crippen molar-refractivity contribution in [3.05, 3.63) is 65.4 Å². The summed E-state index contributed by atoms with van der Waals surface area (Å²) in [5, 5.41) is 19.5. The third kappa shape index (κ3) is 2.64. The molecule has 2 heterocycles. The summed E-state index contributed by atoms with van der Waals surface area (Å²) in [6.45, 7) is 0. The number of aromatic nitrogens is 3. The molecule has 0 fully saturated rings. The largest absolute Gasteiger partial charge is 0.442 e. The van der Waals surface area contributed by atoms with Crippen molar-refractivity contribution in [3.63, 3.8) is 0 Å². The highest BCUT2D eigenvalue weighted by atomic mass is 19.3. The predicted octanol–water partition coefficient (Wildman–Crippen LogP) is 4.57. The number of halogens is 3. The highest BCUT2D eigenvalue weighted by Gasteiger charge is 2.49. The Labute approximate surface area is 162 Å². The van der Waals surface area contributed by atoms with E-state index in [0.29, 0.717) is 28.0 Å². The second kappa shape index (κ2) is 6.10. The Morgan fingerprint density at radius 3 is 2.90 bits per heavy atom. The Kier molecular flexibility index (Phi) is 3.64. The van der Waals surface area contributed by atoms with Crippen LogP contribution in [0.3, 0.4) is 0 Å². The lowest BCUT2D eigenvalue weighted by atomic mass is 10.0. The van der Waals surface area contributed by atoms with Crippen LogP contribution in [0.15, 0.2) is 47.3 Å². The van der Waals surface area contributed by atoms with Crippen LogP contribution in [0.5, 0.6) is 0 Å². The first kappa shape index (κ1) is 17.3. The molecule has 2 N–H and O–H groups in total. The SMILES string of the molecule is N#Cc1ccc2c(c1F)CC(F)(F)[C@H]2Nc1ccc2[nH]nc(-c3cnco3)c2c1. The van der Waals surface area contributed by atoms with Gasteiger partial charge in [-0.05, 0) is 29.8 Å². The highest BCUT2D eigenvalue weighted by molar-refractivity contribution is 5.93. The van der Waals surface area contributed by atoms with Gasteiger partial charge in [0.25, 0.3) is 5.92 Å². The van der Waals surface area contributed by atoms with Crippen molar-refractivity contribution in [1.29, 1.82) is 5.26 Å². The van der Waals surface area contributed by atoms with Gasteiger partial charge in [0.15, 0.2) is 12.2 Å². The molecule has 2 aromatic heterocycles. The van der Waals surface area contributed by atoms with Crippen molar-refractivity contribution in [1.82, 2.24) is 15.2 Å². The van der Waals surface area contributed by atoms with E-state index in [4.69, 9.17) is 9.68 Å². The Hall–Kier alpha value is -3.80. The third-order valence-corrected chi connectivity index (χ3v) is 5.09. The van der Waals surface area contributed by atoms with Crippen LogP contribution < -0.4 is 5.32 Å². The van der Waals surface area contributed by atoms with Gasteiger partial charge < -0.3 is 9.73 Å². The number of rotatable bonds is 3. The maximum Gasteiger partial charge on any atom is 0.276 e. The Morgan fingerprint density at radius 1 is 1.28 bits per heavy atom. The number of H-pyrrole nitrogens is 1. The molecule has 0 bridgehead atoms. The Morgan fingerprint density at radius 2 is 2.14 bits per heavy atom. The number of alkyl halides is 2. The molecule has 1 aliphatic carbocycles. The van der Waals surface area contributed by atoms with E-state index in [1.807, 2.05) is 0 Å². The van der Waals surface area contributed by atoms with Gasteiger partial charge in [-0.1, -0.05) is 6.07 Å². The smallest absolute Gasteiger partial charge is 0.276 e. The average Bonchev–Trinajstić information content (AvgIpc) is 3.41. The minimum absolute atomic E-state index is 0.127. The fraction of sp³-hybridized carbons (Fsp3) is 0.150. The quantitative estimate of drug-likeness (QED) is 0.530. The fourth-order valence-electron chi connectivity index (χ4n) is 3.71. The van der Waals surface area contributed by atoms with Crippen molar-refractivity contribution in [2.75, 3.05) is 5.32 Å². The minimum Gasteiger partial charge on any atom is -0.442 e. The lowest BCUT2D eigenvalue weighted by Crippen LogP contribution is -2.28. The van der Waals surface area contributed by atoms with Crippen LogP contribution in [0.2, 0.25) is 0 Å². The van der Waals surface area contributed by atoms with E-state index < -0.39 is 24.2 Å². The van der Waals surface area contributed by atoms with Gasteiger partial charge in [0, 0.05) is 23.1 Å². The number of hydrogen-bond acceptors (Lipinski definition) is 5. The molecule has 0 saturated carbocycles. The number of oxazole rings is 1. The van der Waals surface area contributed by atoms with Crippen LogP contribution in [0.1, 0.15) is 22.7 Å². The van der Waals surface area contributed by atoms with Gasteiger partial charge in [0.2, 0.25) is 0 Å². The van der Waals surface area contributed by atoms with Crippen LogP contribution in [0.4, 0.5) is 18.9 Å². The summed E-state index contributed by atoms with van der Waals surface area (Å²) in [7, 11) is 0. The molecule has 0 saturated heterocycles. The normalized spacial score (nSPS) is 17.2. The number of nitrogens with one attached hydrogen (secondary N) is 2. The number of aromatic amines is 1. The lowest BCUT2D eigenvalue weighted by molar-refractivity contribution is -0.00739. The van der Waals surface area contributed by atoms with E-state index >= 15 is 0 Å². The Balaban J connectivity index is 1.55. The molecule has 0 radical (unpaired) electrons. The van der Waals surface area contributed by atoms with E-state index in [-0.39, 0.29) is 16.7 Å². The van der Waals surface area contributed by atoms with Gasteiger partial charge in [0.1, 0.15) is 23.6 Å². The van der Waals surface area contributed by atoms with E-state index in [2.05, 4.69) is 20.5 Å². The number of nitriles is 1. The van der Waals surface area contributed by atoms with E-state index in [1.54, 1.807) is 24.3 Å². The van der Waals surface area contributed by atoms with Gasteiger partial charge in [-0.3, -0.25) is 5.10 Å². The van der Waals surface area contributed by atoms with Crippen LogP contribution >= 0.6 is 0 Å². The van der Waals surface area contributed by atoms with Gasteiger partial charge in [0.05, 0.1) is 17.3 Å². The van der Waals surface area contributed by atoms with Crippen molar-refractivity contribution >= 4 is 16.6 Å². The molecule has 5 rings (SSSR count). The molecule has 9 heteroatoms. The molecule has 1 atom stereocenters. The summed E-state index contributed by atoms with van der Waals surface area (Å²) >= 11 is 0. The zero-order valence-electron chi connectivity index (χ0n) is 14.7. The lowest BCUT2D eigenvalue weighted by Gasteiger charge is -2.22. The minimum atomic E-state index is -3.21. The molecule has 0 amide bonds. The van der Waals surface area contributed by atoms with Crippen molar-refractivity contribution < 1.29 is 17.6 Å². The van der Waals surface area contributed by atoms with Gasteiger partial charge in [-0.25, -0.2) is 18.2 Å². The third-order valence-electron chi connectivity index (χ3n) is 5.09. The molecule has 29 heavy (non-hydrogen) atoms. The summed E-state index contributed by atoms with van der Waals surface area (Å²) in [6.07, 6.45) is 2.02. The first-order valence-electron chi connectivity index (χ1n) is 8.70. The first-order chi connectivity index (χ1) is 14.0. The molecule has 4 aromatic rings. The fourth-order valence-corrected chi connectivity index (χ4v) is 3.71. The standard InChI is InChI=1S/C20H12F3N5O/c21-17-10(7-24)1-3-12-14(17)6-20(22,23)19(12)26-11-2-4-15-13(5-11)18(28-27-15)16-8-25-9-29-16/h1-5,8-9,19,26H,6H2,(H,27,28)/t19-/m0/s1. The highest BCUT2D eigenvalue weighted by Crippen LogP contribution is 2.46. The van der Waals surface area contributed by atoms with Crippen molar-refractivity contribution in [3.8, 4) is 17.5 Å². The molecule has 0 unspecified atom stereocenters. The molecule has 1 aliphatic rings. The summed E-state index contributed by atoms with van der Waals surface area (Å²) in [6, 6.07) is 7.89. The molecular weight excluding hydrogens is 383 g/mol. The maximum absolute atomic E-state index is 14.7. The van der Waals surface area contributed by atoms with Crippen LogP contribution in [-0.4, -0.2) is 21.1 Å². The monoisotopic (exact) mass is 395 g/mol. The summed E-state index contributed by atoms with van der Waals surface area (Å²) in [5.41, 5.74) is 1.40. The summed E-state index contributed by atoms with van der Waals surface area (Å²) in [4.78, 5) is 3.86. The summed E-state index contributed by atoms with van der Waals surface area (Å²) in [5.74, 6) is -3.65. The summed E-state index contributed by atoms with van der Waals surface area (Å²) < 4.78 is 49.1. The number of anilines is 1. The zero-order chi connectivity index (χ0) is 20.2. The number of benzene rings is 2. The van der Waals surface area contributed by atoms with Crippen LogP contribution in [0, 0.1) is 17.1 Å². The van der Waals surface area contributed by atoms with Gasteiger partial charge >= 0.3 is 0 Å². The number of fused-ring (bicyclic) bond motifs is 2. The van der Waals surface area contributed by atoms with Gasteiger partial charge in [-0.15, -0.1) is 0 Å². The van der Waals surface area contributed by atoms with Crippen molar-refractivity contribution in [2.45, 2.75) is 18.4 Å². The van der Waals surface area contributed by atoms with E-state index in [9.17, 15) is 13.2 Å². The van der Waals surface area contributed by atoms with Crippen LogP contribution in [-0.2, 0) is 6.42 Å². The van der Waals surface area contributed by atoms with E-state index in [0.717, 1.165) is 0 Å². The second-order valence-corrected chi connectivity index (χ2v) is 6.82. The van der Waals surface area contributed by atoms with Crippen molar-refractivity contribution in [2.24, 2.45) is 0 Å². The second-order valence-electron chi connectivity index (χ2n) is 6.82. The number of hydrogen-bond donors (Lipinski definition) is 2. The first-order valence-corrected chi connectivity index (χ1v) is 8.70. The number of nitrogens with zero attached hydrogens (tertiary/aromatic N) is 3. The van der Waals surface area contributed by atoms with Gasteiger partial charge in [-0.2, -0.15) is 10.4 Å². The molecule has 0 spiro atoms. The topological polar surface area (TPSA) is 90.5 Å². The maximum atomic E-state index is 14.7. The Bertz CT molecular complexity index is 1270. The predicted molar refractivity (Wildman–Crippen MR) is 97.7 cm³/mol. The average molecular weight is 395 g/mol. The molecule has 144 valence electrons. The molecule has 2 aromatic carbocycles. The molecule has 0 aliphatic heterocycles.